The molecule has 2 amide bonds. The molecule has 6 aromatic carbocycles. The Morgan fingerprint density at radius 2 is 0.889 bits per heavy atom. The van der Waals surface area contributed by atoms with Gasteiger partial charge in [0.25, 0.3) is 0 Å². The summed E-state index contributed by atoms with van der Waals surface area (Å²) < 4.78 is 16.6. The SMILES string of the molecule is CC(C)(C)OC(=O)C[C@@H](Cc1ccc(-c2ccccc2)cc1)C(=O)N1CCC[C@H]1C(=O)OCc1ccccc1.Cl.N[C@@H](Cc1ccc(-c2ccccc2)cc1)C(=O)N1CCC[C@H]1C(=O)OCc1ccccc1. The second-order valence-electron chi connectivity index (χ2n) is 19.2. The van der Waals surface area contributed by atoms with Crippen LogP contribution >= 0.6 is 12.4 Å². The molecule has 2 N–H and O–H groups in total. The van der Waals surface area contributed by atoms with Gasteiger partial charge in [-0.15, -0.1) is 12.4 Å². The van der Waals surface area contributed by atoms with Gasteiger partial charge in [0.05, 0.1) is 18.4 Å². The summed E-state index contributed by atoms with van der Waals surface area (Å²) >= 11 is 0. The first-order chi connectivity index (χ1) is 34.3. The zero-order chi connectivity index (χ0) is 50.2. The minimum absolute atomic E-state index is 0. The van der Waals surface area contributed by atoms with Gasteiger partial charge < -0.3 is 29.7 Å². The standard InChI is InChI=1S/C33H37NO5.C27H28N2O3.ClH/c1-33(2,3)39-30(35)22-28(21-24-16-18-27(19-17-24)26-13-8-5-9-14-26)31(36)34-20-10-15-29(34)32(37)38-23-25-11-6-4-7-12-25;28-24(18-20-13-15-23(16-14-20)22-10-5-2-6-11-22)26(30)29-17-7-12-25(29)27(31)32-19-21-8-3-1-4-9-21;/h4-9,11-14,16-19,28-29H,10,15,20-23H2,1-3H3;1-6,8-11,13-16,24-25H,7,12,17-19,28H2;1H/t28-,29+;24-,25-;/m10./s1. The summed E-state index contributed by atoms with van der Waals surface area (Å²) in [7, 11) is 0. The molecule has 0 saturated carbocycles. The lowest BCUT2D eigenvalue weighted by molar-refractivity contribution is -0.160. The number of esters is 3. The summed E-state index contributed by atoms with van der Waals surface area (Å²) in [5.74, 6) is -2.26. The molecule has 8 rings (SSSR count). The molecule has 2 heterocycles. The molecule has 0 aliphatic carbocycles. The number of benzene rings is 6. The van der Waals surface area contributed by atoms with E-state index in [1.54, 1.807) is 9.80 Å². The van der Waals surface area contributed by atoms with Crippen LogP contribution in [0.2, 0.25) is 0 Å². The molecule has 72 heavy (non-hydrogen) atoms. The number of halogens is 1. The van der Waals surface area contributed by atoms with Crippen molar-refractivity contribution in [1.82, 2.24) is 9.80 Å². The number of hydrogen-bond acceptors (Lipinski definition) is 9. The normalized spacial score (nSPS) is 16.0. The van der Waals surface area contributed by atoms with Crippen molar-refractivity contribution in [3.05, 3.63) is 192 Å². The van der Waals surface area contributed by atoms with E-state index in [0.29, 0.717) is 45.2 Å². The predicted molar refractivity (Wildman–Crippen MR) is 282 cm³/mol. The zero-order valence-corrected chi connectivity index (χ0v) is 42.2. The van der Waals surface area contributed by atoms with Crippen LogP contribution in [0.15, 0.2) is 170 Å². The molecule has 376 valence electrons. The van der Waals surface area contributed by atoms with Crippen molar-refractivity contribution in [3.8, 4) is 22.3 Å². The number of hydrogen-bond donors (Lipinski definition) is 1. The third-order valence-electron chi connectivity index (χ3n) is 12.6. The molecule has 12 heteroatoms. The molecular formula is C60H66ClN3O8. The molecule has 0 unspecified atom stereocenters. The molecule has 2 aliphatic heterocycles. The van der Waals surface area contributed by atoms with Crippen LogP contribution in [0.3, 0.4) is 0 Å². The van der Waals surface area contributed by atoms with E-state index in [9.17, 15) is 24.0 Å². The average molecular weight is 993 g/mol. The monoisotopic (exact) mass is 991 g/mol. The molecular weight excluding hydrogens is 926 g/mol. The highest BCUT2D eigenvalue weighted by molar-refractivity contribution is 5.89. The van der Waals surface area contributed by atoms with Gasteiger partial charge in [-0.2, -0.15) is 0 Å². The summed E-state index contributed by atoms with van der Waals surface area (Å²) in [5.41, 5.74) is 13.8. The van der Waals surface area contributed by atoms with Crippen molar-refractivity contribution in [2.75, 3.05) is 13.1 Å². The second kappa shape index (κ2) is 26.4. The predicted octanol–water partition coefficient (Wildman–Crippen LogP) is 10.4. The quantitative estimate of drug-likeness (QED) is 0.0740. The lowest BCUT2D eigenvalue weighted by Gasteiger charge is -2.28. The van der Waals surface area contributed by atoms with Crippen LogP contribution in [0, 0.1) is 5.92 Å². The maximum absolute atomic E-state index is 13.8. The Balaban J connectivity index is 0.000000236. The van der Waals surface area contributed by atoms with Crippen molar-refractivity contribution in [3.63, 3.8) is 0 Å². The first kappa shape index (κ1) is 54.3. The van der Waals surface area contributed by atoms with Crippen LogP contribution in [0.5, 0.6) is 0 Å². The molecule has 11 nitrogen and oxygen atoms in total. The van der Waals surface area contributed by atoms with E-state index in [4.69, 9.17) is 19.9 Å². The minimum Gasteiger partial charge on any atom is -0.460 e. The Hall–Kier alpha value is -7.08. The third kappa shape index (κ3) is 15.7. The zero-order valence-electron chi connectivity index (χ0n) is 41.4. The Morgan fingerprint density at radius 3 is 1.31 bits per heavy atom. The summed E-state index contributed by atoms with van der Waals surface area (Å²) in [5, 5.41) is 0. The number of carbonyl (C=O) groups is 5. The van der Waals surface area contributed by atoms with E-state index in [-0.39, 0.29) is 49.8 Å². The number of rotatable bonds is 16. The van der Waals surface area contributed by atoms with Crippen LogP contribution < -0.4 is 5.73 Å². The lowest BCUT2D eigenvalue weighted by atomic mass is 9.93. The van der Waals surface area contributed by atoms with E-state index in [2.05, 4.69) is 12.1 Å². The van der Waals surface area contributed by atoms with Gasteiger partial charge in [-0.3, -0.25) is 14.4 Å². The van der Waals surface area contributed by atoms with Gasteiger partial charge in [-0.25, -0.2) is 9.59 Å². The maximum atomic E-state index is 13.8. The maximum Gasteiger partial charge on any atom is 0.329 e. The average Bonchev–Trinajstić information content (AvgIpc) is 4.10. The molecule has 0 bridgehead atoms. The van der Waals surface area contributed by atoms with Crippen LogP contribution in [0.1, 0.15) is 75.1 Å². The van der Waals surface area contributed by atoms with Crippen LogP contribution in [0.25, 0.3) is 22.3 Å². The number of amides is 2. The third-order valence-corrected chi connectivity index (χ3v) is 12.6. The first-order valence-corrected chi connectivity index (χ1v) is 24.6. The molecule has 2 saturated heterocycles. The van der Waals surface area contributed by atoms with Crippen molar-refractivity contribution < 1.29 is 38.2 Å². The van der Waals surface area contributed by atoms with Gasteiger partial charge in [0.15, 0.2) is 0 Å². The van der Waals surface area contributed by atoms with E-state index in [1.807, 2.05) is 178 Å². The van der Waals surface area contributed by atoms with Crippen molar-refractivity contribution in [2.45, 2.75) is 103 Å². The summed E-state index contributed by atoms with van der Waals surface area (Å²) in [4.78, 5) is 68.5. The van der Waals surface area contributed by atoms with Gasteiger partial charge >= 0.3 is 17.9 Å². The van der Waals surface area contributed by atoms with Crippen molar-refractivity contribution in [2.24, 2.45) is 11.7 Å². The molecule has 2 aliphatic rings. The summed E-state index contributed by atoms with van der Waals surface area (Å²) in [6.07, 6.45) is 3.38. The molecule has 2 fully saturated rings. The van der Waals surface area contributed by atoms with E-state index >= 15 is 0 Å². The fourth-order valence-corrected chi connectivity index (χ4v) is 9.03. The van der Waals surface area contributed by atoms with E-state index < -0.39 is 41.6 Å². The largest absolute Gasteiger partial charge is 0.460 e. The Labute approximate surface area is 430 Å². The van der Waals surface area contributed by atoms with Crippen LogP contribution in [-0.4, -0.2) is 76.3 Å². The molecule has 6 aromatic rings. The number of carbonyl (C=O) groups excluding carboxylic acids is 5. The fourth-order valence-electron chi connectivity index (χ4n) is 9.03. The summed E-state index contributed by atoms with van der Waals surface area (Å²) in [6.45, 7) is 6.79. The molecule has 4 atom stereocenters. The highest BCUT2D eigenvalue weighted by atomic mass is 35.5. The molecule has 0 spiro atoms. The first-order valence-electron chi connectivity index (χ1n) is 24.6. The molecule has 0 radical (unpaired) electrons. The minimum atomic E-state index is -0.694. The van der Waals surface area contributed by atoms with Crippen LogP contribution in [-0.2, 0) is 64.2 Å². The van der Waals surface area contributed by atoms with Gasteiger partial charge in [0.2, 0.25) is 11.8 Å². The van der Waals surface area contributed by atoms with Crippen molar-refractivity contribution >= 4 is 42.1 Å². The molecule has 0 aromatic heterocycles. The number of nitrogens with two attached hydrogens (primary N) is 1. The lowest BCUT2D eigenvalue weighted by Crippen LogP contribution is -2.49. The highest BCUT2D eigenvalue weighted by Gasteiger charge is 2.40. The topological polar surface area (TPSA) is 146 Å². The summed E-state index contributed by atoms with van der Waals surface area (Å²) in [6, 6.07) is 53.5. The number of nitrogens with zero attached hydrogens (tertiary/aromatic N) is 2. The Morgan fingerprint density at radius 1 is 0.514 bits per heavy atom. The smallest absolute Gasteiger partial charge is 0.329 e. The Kier molecular flexibility index (Phi) is 19.9. The second-order valence-corrected chi connectivity index (χ2v) is 19.2. The number of ether oxygens (including phenoxy) is 3. The van der Waals surface area contributed by atoms with Crippen molar-refractivity contribution in [1.29, 1.82) is 0 Å². The van der Waals surface area contributed by atoms with Gasteiger partial charge in [0, 0.05) is 13.1 Å². The van der Waals surface area contributed by atoms with E-state index in [1.165, 1.54) is 0 Å². The van der Waals surface area contributed by atoms with E-state index in [0.717, 1.165) is 50.9 Å². The fraction of sp³-hybridized carbons (Fsp3) is 0.317. The van der Waals surface area contributed by atoms with Gasteiger partial charge in [-0.1, -0.05) is 170 Å². The van der Waals surface area contributed by atoms with Crippen LogP contribution in [0.4, 0.5) is 0 Å². The van der Waals surface area contributed by atoms with Gasteiger partial charge in [0.1, 0.15) is 30.9 Å². The number of likely N-dealkylation sites (tertiary alicyclic amines) is 2. The van der Waals surface area contributed by atoms with Gasteiger partial charge in [-0.05, 0) is 104 Å². The Bertz CT molecular complexity index is 2660. The highest BCUT2D eigenvalue weighted by Crippen LogP contribution is 2.28.